The third-order valence-corrected chi connectivity index (χ3v) is 15.7. The maximum Gasteiger partial charge on any atom is 0.338 e. The van der Waals surface area contributed by atoms with E-state index in [0.717, 1.165) is 131 Å². The van der Waals surface area contributed by atoms with Crippen LogP contribution in [-0.2, 0) is 22.4 Å². The summed E-state index contributed by atoms with van der Waals surface area (Å²) >= 11 is 0. The first kappa shape index (κ1) is 46.4. The molecule has 8 nitrogen and oxygen atoms in total. The molecule has 2 atom stereocenters. The summed E-state index contributed by atoms with van der Waals surface area (Å²) in [6.45, 7) is 9.33. The van der Waals surface area contributed by atoms with Gasteiger partial charge < -0.3 is 34.0 Å². The van der Waals surface area contributed by atoms with Crippen molar-refractivity contribution in [2.45, 2.75) is 82.5 Å². The predicted molar refractivity (Wildman–Crippen MR) is 288 cm³/mol. The Morgan fingerprint density at radius 1 is 0.690 bits per heavy atom. The number of ether oxygens (including phenoxy) is 3. The molecular formula is C63H65N3O5. The fourth-order valence-corrected chi connectivity index (χ4v) is 11.8. The van der Waals surface area contributed by atoms with Crippen LogP contribution < -0.4 is 24.2 Å². The van der Waals surface area contributed by atoms with Crippen LogP contribution >= 0.6 is 0 Å². The minimum absolute atomic E-state index is 0.122. The third kappa shape index (κ3) is 8.50. The first-order valence-electron chi connectivity index (χ1n) is 26.0. The van der Waals surface area contributed by atoms with Crippen molar-refractivity contribution in [2.24, 2.45) is 0 Å². The summed E-state index contributed by atoms with van der Waals surface area (Å²) in [5.74, 6) is 1.28. The zero-order valence-corrected chi connectivity index (χ0v) is 41.4. The van der Waals surface area contributed by atoms with E-state index < -0.39 is 11.2 Å². The predicted octanol–water partition coefficient (Wildman–Crippen LogP) is 13.1. The molecule has 362 valence electrons. The van der Waals surface area contributed by atoms with Crippen LogP contribution in [0.5, 0.6) is 11.5 Å². The van der Waals surface area contributed by atoms with Crippen molar-refractivity contribution in [1.82, 2.24) is 0 Å². The average Bonchev–Trinajstić information content (AvgIpc) is 3.71. The van der Waals surface area contributed by atoms with Gasteiger partial charge >= 0.3 is 5.97 Å². The number of methoxy groups -OCH3 is 1. The van der Waals surface area contributed by atoms with Gasteiger partial charge in [-0.15, -0.1) is 0 Å². The van der Waals surface area contributed by atoms with Gasteiger partial charge in [0, 0.05) is 91.1 Å². The van der Waals surface area contributed by atoms with E-state index in [1.807, 2.05) is 24.3 Å². The van der Waals surface area contributed by atoms with Gasteiger partial charge in [-0.05, 0) is 102 Å². The SMILES string of the molecule is CCCCCCc1ccc(C(=O)OC2CCN(c3ccc(C4(c5ccccc5)C=Cc5c6c(c7cc(N8CCN(c9ccccc9)CC8)c(OC)cc7c5O4)-c4ccccc4C6(O)CC)cc3)CC2)cc1. The Morgan fingerprint density at radius 3 is 2.04 bits per heavy atom. The normalized spacial score (nSPS) is 19.5. The first-order chi connectivity index (χ1) is 34.8. The Morgan fingerprint density at radius 2 is 1.34 bits per heavy atom. The number of anilines is 3. The number of fused-ring (bicyclic) bond motifs is 8. The maximum atomic E-state index is 13.2. The Kier molecular flexibility index (Phi) is 12.8. The van der Waals surface area contributed by atoms with Crippen LogP contribution in [0.25, 0.3) is 28.0 Å². The number of aliphatic hydroxyl groups is 1. The first-order valence-corrected chi connectivity index (χ1v) is 26.0. The number of aryl methyl sites for hydroxylation is 1. The summed E-state index contributed by atoms with van der Waals surface area (Å²) in [5.41, 5.74) is 9.88. The summed E-state index contributed by atoms with van der Waals surface area (Å²) < 4.78 is 20.0. The number of nitrogens with zero attached hydrogens (tertiary/aromatic N) is 3. The number of rotatable bonds is 14. The van der Waals surface area contributed by atoms with E-state index >= 15 is 0 Å². The van der Waals surface area contributed by atoms with Crippen molar-refractivity contribution in [3.8, 4) is 22.6 Å². The second-order valence-corrected chi connectivity index (χ2v) is 19.8. The molecule has 3 aliphatic heterocycles. The quantitative estimate of drug-likeness (QED) is 0.0854. The highest BCUT2D eigenvalue weighted by Crippen LogP contribution is 2.59. The highest BCUT2D eigenvalue weighted by molar-refractivity contribution is 6.10. The molecule has 2 fully saturated rings. The molecule has 8 heteroatoms. The number of esters is 1. The van der Waals surface area contributed by atoms with E-state index in [-0.39, 0.29) is 12.1 Å². The highest BCUT2D eigenvalue weighted by Gasteiger charge is 2.47. The molecule has 11 rings (SSSR count). The van der Waals surface area contributed by atoms with Gasteiger partial charge in [-0.3, -0.25) is 0 Å². The van der Waals surface area contributed by atoms with Gasteiger partial charge in [0.15, 0.2) is 5.60 Å². The lowest BCUT2D eigenvalue weighted by Crippen LogP contribution is -2.46. The number of benzene rings is 7. The highest BCUT2D eigenvalue weighted by atomic mass is 16.5. The smallest absolute Gasteiger partial charge is 0.338 e. The van der Waals surface area contributed by atoms with Crippen LogP contribution in [0.2, 0.25) is 0 Å². The summed E-state index contributed by atoms with van der Waals surface area (Å²) in [4.78, 5) is 20.5. The van der Waals surface area contributed by atoms with E-state index in [0.29, 0.717) is 12.0 Å². The van der Waals surface area contributed by atoms with Gasteiger partial charge in [0.1, 0.15) is 23.2 Å². The molecule has 4 aliphatic rings. The lowest BCUT2D eigenvalue weighted by Gasteiger charge is -2.40. The second-order valence-electron chi connectivity index (χ2n) is 19.8. The van der Waals surface area contributed by atoms with Gasteiger partial charge in [0.05, 0.1) is 18.4 Å². The van der Waals surface area contributed by atoms with Crippen molar-refractivity contribution >= 4 is 39.9 Å². The van der Waals surface area contributed by atoms with Crippen LogP contribution in [0.1, 0.15) is 103 Å². The lowest BCUT2D eigenvalue weighted by molar-refractivity contribution is 0.0245. The second kappa shape index (κ2) is 19.6. The van der Waals surface area contributed by atoms with Gasteiger partial charge in [-0.2, -0.15) is 0 Å². The fraction of sp³-hybridized carbons (Fsp3) is 0.317. The fourth-order valence-electron chi connectivity index (χ4n) is 11.8. The molecule has 1 aliphatic carbocycles. The van der Waals surface area contributed by atoms with Crippen molar-refractivity contribution in [2.75, 3.05) is 61.1 Å². The van der Waals surface area contributed by atoms with Crippen LogP contribution in [0.4, 0.5) is 17.1 Å². The summed E-state index contributed by atoms with van der Waals surface area (Å²) in [6, 6.07) is 50.7. The van der Waals surface area contributed by atoms with Gasteiger partial charge in [0.2, 0.25) is 0 Å². The van der Waals surface area contributed by atoms with E-state index in [1.165, 1.54) is 36.9 Å². The number of piperazine rings is 1. The number of hydrogen-bond donors (Lipinski definition) is 1. The van der Waals surface area contributed by atoms with Gasteiger partial charge in [-0.1, -0.05) is 136 Å². The lowest BCUT2D eigenvalue weighted by atomic mass is 9.79. The zero-order valence-electron chi connectivity index (χ0n) is 41.4. The summed E-state index contributed by atoms with van der Waals surface area (Å²) in [6.07, 6.45) is 12.3. The van der Waals surface area contributed by atoms with Gasteiger partial charge in [-0.25, -0.2) is 4.79 Å². The molecule has 0 aromatic heterocycles. The minimum atomic E-state index is -1.22. The van der Waals surface area contributed by atoms with Crippen molar-refractivity contribution in [1.29, 1.82) is 0 Å². The van der Waals surface area contributed by atoms with E-state index in [9.17, 15) is 9.90 Å². The zero-order chi connectivity index (χ0) is 48.5. The summed E-state index contributed by atoms with van der Waals surface area (Å²) in [7, 11) is 1.76. The number of unbranched alkanes of at least 4 members (excludes halogenated alkanes) is 3. The van der Waals surface area contributed by atoms with Crippen LogP contribution in [0.3, 0.4) is 0 Å². The van der Waals surface area contributed by atoms with Crippen LogP contribution in [0, 0.1) is 0 Å². The maximum absolute atomic E-state index is 13.2. The Bertz CT molecular complexity index is 3050. The molecule has 0 saturated carbocycles. The molecule has 0 radical (unpaired) electrons. The number of piperidine rings is 1. The van der Waals surface area contributed by atoms with Crippen LogP contribution in [0.15, 0.2) is 152 Å². The van der Waals surface area contributed by atoms with E-state index in [1.54, 1.807) is 7.11 Å². The number of para-hydroxylation sites is 1. The standard InChI is InChI=1S/C63H65N3O5/c1-4-6-7-10-17-44-24-26-45(27-25-44)61(67)70-50-33-36-64(37-34-50)49-30-28-47(29-31-49)63(46-18-11-8-12-19-46)35-32-52-59-58(51-22-15-16-23-55(51)62(59,68)5-2)53-42-56(57(69-3)43-54(53)60(52)71-63)66-40-38-65(39-41-66)48-20-13-9-14-21-48/h8-9,11-16,18-32,35,42-43,50,68H,4-7,10,17,33-34,36-41H2,1-3H3. The molecule has 0 bridgehead atoms. The minimum Gasteiger partial charge on any atom is -0.495 e. The number of hydrogen-bond acceptors (Lipinski definition) is 8. The van der Waals surface area contributed by atoms with Crippen LogP contribution in [-0.4, -0.2) is 63.6 Å². The number of carbonyl (C=O) groups is 1. The molecule has 2 saturated heterocycles. The Hall–Kier alpha value is -7.03. The van der Waals surface area contributed by atoms with Crippen molar-refractivity contribution in [3.05, 3.63) is 191 Å². The molecule has 2 unspecified atom stereocenters. The average molecular weight is 944 g/mol. The third-order valence-electron chi connectivity index (χ3n) is 15.7. The summed E-state index contributed by atoms with van der Waals surface area (Å²) in [5, 5.41) is 15.0. The molecule has 71 heavy (non-hydrogen) atoms. The van der Waals surface area contributed by atoms with E-state index in [2.05, 4.69) is 162 Å². The monoisotopic (exact) mass is 943 g/mol. The topological polar surface area (TPSA) is 74.7 Å². The molecule has 1 N–H and O–H groups in total. The molecule has 0 amide bonds. The molecular weight excluding hydrogens is 879 g/mol. The Labute approximate surface area is 419 Å². The molecule has 7 aromatic rings. The van der Waals surface area contributed by atoms with Crippen molar-refractivity contribution in [3.63, 3.8) is 0 Å². The molecule has 3 heterocycles. The largest absolute Gasteiger partial charge is 0.495 e. The molecule has 0 spiro atoms. The van der Waals surface area contributed by atoms with Gasteiger partial charge in [0.25, 0.3) is 0 Å². The van der Waals surface area contributed by atoms with Crippen molar-refractivity contribution < 1.29 is 24.1 Å². The Balaban J connectivity index is 0.903. The molecule has 7 aromatic carbocycles. The number of carbonyl (C=O) groups excluding carboxylic acids is 1. The van der Waals surface area contributed by atoms with E-state index in [4.69, 9.17) is 14.2 Å².